The number of benzene rings is 1. The van der Waals surface area contributed by atoms with Gasteiger partial charge in [-0.25, -0.2) is 0 Å². The van der Waals surface area contributed by atoms with E-state index in [1.807, 2.05) is 18.2 Å². The minimum atomic E-state index is 0.404. The average Bonchev–Trinajstić information content (AvgIpc) is 3.07. The molecule has 0 spiro atoms. The lowest BCUT2D eigenvalue weighted by Gasteiger charge is -2.06. The summed E-state index contributed by atoms with van der Waals surface area (Å²) in [5, 5.41) is 4.07. The van der Waals surface area contributed by atoms with Crippen LogP contribution in [0.1, 0.15) is 38.2 Å². The molecule has 1 aromatic carbocycles. The lowest BCUT2D eigenvalue weighted by atomic mass is 10.1. The van der Waals surface area contributed by atoms with Crippen LogP contribution >= 0.6 is 11.6 Å². The van der Waals surface area contributed by atoms with Gasteiger partial charge in [0.05, 0.1) is 0 Å². The van der Waals surface area contributed by atoms with Crippen molar-refractivity contribution in [3.8, 4) is 0 Å². The van der Waals surface area contributed by atoms with E-state index in [4.69, 9.17) is 17.3 Å². The zero-order valence-electron chi connectivity index (χ0n) is 11.6. The first-order valence-electron chi connectivity index (χ1n) is 6.88. The Morgan fingerprint density at radius 1 is 1.53 bits per heavy atom. The van der Waals surface area contributed by atoms with Gasteiger partial charge in [-0.1, -0.05) is 37.6 Å². The highest BCUT2D eigenvalue weighted by atomic mass is 35.5. The summed E-state index contributed by atoms with van der Waals surface area (Å²) in [4.78, 5) is 4.35. The maximum Gasteiger partial charge on any atom is 0.188 e. The second-order valence-corrected chi connectivity index (χ2v) is 6.03. The van der Waals surface area contributed by atoms with Crippen LogP contribution in [0.2, 0.25) is 5.02 Å². The lowest BCUT2D eigenvalue weighted by Crippen LogP contribution is -2.34. The average molecular weight is 280 g/mol. The Kier molecular flexibility index (Phi) is 4.70. The molecule has 0 radical (unpaired) electrons. The van der Waals surface area contributed by atoms with E-state index in [2.05, 4.69) is 30.2 Å². The Morgan fingerprint density at radius 3 is 3.00 bits per heavy atom. The predicted molar refractivity (Wildman–Crippen MR) is 81.7 cm³/mol. The molecule has 0 bridgehead atoms. The molecule has 1 aliphatic rings. The van der Waals surface area contributed by atoms with Gasteiger partial charge in [0, 0.05) is 23.5 Å². The molecule has 2 atom stereocenters. The van der Waals surface area contributed by atoms with Crippen LogP contribution in [0.3, 0.4) is 0 Å². The summed E-state index contributed by atoms with van der Waals surface area (Å²) in [5.74, 6) is 1.74. The van der Waals surface area contributed by atoms with Crippen LogP contribution < -0.4 is 11.1 Å². The number of nitrogens with zero attached hydrogens (tertiary/aromatic N) is 1. The molecular formula is C15H22ClN3. The number of hydrogen-bond donors (Lipinski definition) is 2. The molecule has 3 N–H and O–H groups in total. The van der Waals surface area contributed by atoms with Crippen molar-refractivity contribution < 1.29 is 0 Å². The molecule has 104 valence electrons. The maximum atomic E-state index is 6.00. The summed E-state index contributed by atoms with van der Waals surface area (Å²) in [5.41, 5.74) is 7.16. The molecule has 1 fully saturated rings. The summed E-state index contributed by atoms with van der Waals surface area (Å²) in [6.45, 7) is 5.18. The Balaban J connectivity index is 1.80. The van der Waals surface area contributed by atoms with E-state index in [1.165, 1.54) is 5.56 Å². The standard InChI is InChI=1S/C15H22ClN3/c1-10(2)6-7-18-15(17)19-14-9-13(14)11-4-3-5-12(16)8-11/h3-5,8,10,13-14H,6-7,9H2,1-2H3,(H3,17,18,19). The van der Waals surface area contributed by atoms with Gasteiger partial charge in [0.15, 0.2) is 5.96 Å². The SMILES string of the molecule is CC(C)CCN=C(N)NC1CC1c1cccc(Cl)c1. The zero-order valence-corrected chi connectivity index (χ0v) is 12.3. The van der Waals surface area contributed by atoms with E-state index in [0.29, 0.717) is 23.8 Å². The van der Waals surface area contributed by atoms with Crippen LogP contribution in [0, 0.1) is 5.92 Å². The van der Waals surface area contributed by atoms with Crippen molar-refractivity contribution in [3.05, 3.63) is 34.9 Å². The number of nitrogens with one attached hydrogen (secondary N) is 1. The molecule has 3 nitrogen and oxygen atoms in total. The van der Waals surface area contributed by atoms with Gasteiger partial charge in [-0.05, 0) is 36.5 Å². The first-order valence-corrected chi connectivity index (χ1v) is 7.26. The number of nitrogens with two attached hydrogens (primary N) is 1. The molecule has 4 heteroatoms. The summed E-state index contributed by atoms with van der Waals surface area (Å²) in [6.07, 6.45) is 2.17. The van der Waals surface area contributed by atoms with Crippen molar-refractivity contribution in [3.63, 3.8) is 0 Å². The molecule has 0 aromatic heterocycles. The van der Waals surface area contributed by atoms with E-state index in [1.54, 1.807) is 0 Å². The maximum absolute atomic E-state index is 6.00. The quantitative estimate of drug-likeness (QED) is 0.643. The second-order valence-electron chi connectivity index (χ2n) is 5.60. The third-order valence-electron chi connectivity index (χ3n) is 3.39. The van der Waals surface area contributed by atoms with E-state index in [0.717, 1.165) is 24.4 Å². The molecule has 1 aliphatic carbocycles. The topological polar surface area (TPSA) is 50.4 Å². The fourth-order valence-corrected chi connectivity index (χ4v) is 2.34. The molecule has 0 saturated heterocycles. The summed E-state index contributed by atoms with van der Waals surface area (Å²) >= 11 is 6.00. The van der Waals surface area contributed by atoms with Gasteiger partial charge in [0.1, 0.15) is 0 Å². The smallest absolute Gasteiger partial charge is 0.188 e. The van der Waals surface area contributed by atoms with Gasteiger partial charge in [-0.3, -0.25) is 4.99 Å². The molecule has 2 rings (SSSR count). The Morgan fingerprint density at radius 2 is 2.32 bits per heavy atom. The molecule has 0 aliphatic heterocycles. The lowest BCUT2D eigenvalue weighted by molar-refractivity contribution is 0.595. The van der Waals surface area contributed by atoms with Crippen LogP contribution in [0.15, 0.2) is 29.3 Å². The predicted octanol–water partition coefficient (Wildman–Crippen LogP) is 3.15. The number of aliphatic imine (C=N–C) groups is 1. The monoisotopic (exact) mass is 279 g/mol. The molecule has 19 heavy (non-hydrogen) atoms. The van der Waals surface area contributed by atoms with Gasteiger partial charge in [0.25, 0.3) is 0 Å². The molecule has 0 heterocycles. The molecular weight excluding hydrogens is 258 g/mol. The van der Waals surface area contributed by atoms with Crippen LogP contribution in [0.4, 0.5) is 0 Å². The fraction of sp³-hybridized carbons (Fsp3) is 0.533. The van der Waals surface area contributed by atoms with Gasteiger partial charge >= 0.3 is 0 Å². The van der Waals surface area contributed by atoms with Gasteiger partial charge in [0.2, 0.25) is 0 Å². The Labute approximate surface area is 120 Å². The number of halogens is 1. The van der Waals surface area contributed by atoms with Crippen LogP contribution in [-0.4, -0.2) is 18.5 Å². The van der Waals surface area contributed by atoms with Gasteiger partial charge < -0.3 is 11.1 Å². The second kappa shape index (κ2) is 6.29. The molecule has 0 amide bonds. The Hall–Kier alpha value is -1.22. The molecule has 1 saturated carbocycles. The summed E-state index contributed by atoms with van der Waals surface area (Å²) < 4.78 is 0. The first kappa shape index (κ1) is 14.2. The van der Waals surface area contributed by atoms with Gasteiger partial charge in [-0.15, -0.1) is 0 Å². The highest BCUT2D eigenvalue weighted by Gasteiger charge is 2.38. The highest BCUT2D eigenvalue weighted by molar-refractivity contribution is 6.30. The largest absolute Gasteiger partial charge is 0.370 e. The van der Waals surface area contributed by atoms with E-state index < -0.39 is 0 Å². The third kappa shape index (κ3) is 4.43. The molecule has 2 unspecified atom stereocenters. The van der Waals surface area contributed by atoms with Crippen molar-refractivity contribution in [2.24, 2.45) is 16.6 Å². The number of rotatable bonds is 5. The summed E-state index contributed by atoms with van der Waals surface area (Å²) in [7, 11) is 0. The Bertz CT molecular complexity index is 456. The fourth-order valence-electron chi connectivity index (χ4n) is 2.14. The first-order chi connectivity index (χ1) is 9.06. The van der Waals surface area contributed by atoms with E-state index >= 15 is 0 Å². The zero-order chi connectivity index (χ0) is 13.8. The normalized spacial score (nSPS) is 22.6. The highest BCUT2D eigenvalue weighted by Crippen LogP contribution is 2.41. The van der Waals surface area contributed by atoms with Crippen molar-refractivity contribution in [1.29, 1.82) is 0 Å². The van der Waals surface area contributed by atoms with Crippen molar-refractivity contribution in [1.82, 2.24) is 5.32 Å². The number of guanidine groups is 1. The summed E-state index contributed by atoms with van der Waals surface area (Å²) in [6, 6.07) is 8.44. The van der Waals surface area contributed by atoms with Crippen molar-refractivity contribution >= 4 is 17.6 Å². The third-order valence-corrected chi connectivity index (χ3v) is 3.62. The van der Waals surface area contributed by atoms with E-state index in [-0.39, 0.29) is 0 Å². The van der Waals surface area contributed by atoms with Gasteiger partial charge in [-0.2, -0.15) is 0 Å². The van der Waals surface area contributed by atoms with Crippen molar-refractivity contribution in [2.45, 2.75) is 38.6 Å². The van der Waals surface area contributed by atoms with E-state index in [9.17, 15) is 0 Å². The van der Waals surface area contributed by atoms with Crippen LogP contribution in [0.25, 0.3) is 0 Å². The minimum absolute atomic E-state index is 0.404. The molecule has 1 aromatic rings. The van der Waals surface area contributed by atoms with Crippen molar-refractivity contribution in [2.75, 3.05) is 6.54 Å². The minimum Gasteiger partial charge on any atom is -0.370 e. The van der Waals surface area contributed by atoms with Crippen LogP contribution in [0.5, 0.6) is 0 Å². The number of hydrogen-bond acceptors (Lipinski definition) is 1. The van der Waals surface area contributed by atoms with Crippen LogP contribution in [-0.2, 0) is 0 Å².